The predicted molar refractivity (Wildman–Crippen MR) is 136 cm³/mol. The van der Waals surface area contributed by atoms with Crippen molar-refractivity contribution in [3.05, 3.63) is 51.0 Å². The summed E-state index contributed by atoms with van der Waals surface area (Å²) >= 11 is 1.61. The van der Waals surface area contributed by atoms with E-state index in [9.17, 15) is 18.0 Å². The van der Waals surface area contributed by atoms with E-state index in [1.807, 2.05) is 4.90 Å². The molecule has 0 saturated carbocycles. The molecule has 1 fully saturated rings. The van der Waals surface area contributed by atoms with E-state index in [2.05, 4.69) is 26.8 Å². The summed E-state index contributed by atoms with van der Waals surface area (Å²) in [7, 11) is 2.09. The molecule has 0 amide bonds. The van der Waals surface area contributed by atoms with E-state index in [0.29, 0.717) is 45.1 Å². The molecule has 5 rings (SSSR count). The first kappa shape index (κ1) is 27.7. The third-order valence-corrected chi connectivity index (χ3v) is 7.52. The summed E-state index contributed by atoms with van der Waals surface area (Å²) in [5, 5.41) is 0.769. The minimum absolute atomic E-state index is 0. The number of alkyl halides is 3. The Labute approximate surface area is 217 Å². The highest BCUT2D eigenvalue weighted by Gasteiger charge is 2.33. The van der Waals surface area contributed by atoms with Crippen molar-refractivity contribution in [2.45, 2.75) is 25.7 Å². The van der Waals surface area contributed by atoms with Gasteiger partial charge >= 0.3 is 6.18 Å². The molecule has 0 aliphatic carbocycles. The molecule has 13 heteroatoms. The number of hydrogen-bond donors (Lipinski definition) is 0. The Morgan fingerprint density at radius 1 is 1.06 bits per heavy atom. The molecule has 3 aromatic rings. The lowest BCUT2D eigenvalue weighted by Gasteiger charge is -2.35. The van der Waals surface area contributed by atoms with E-state index in [1.54, 1.807) is 28.3 Å². The van der Waals surface area contributed by atoms with Crippen LogP contribution in [0.3, 0.4) is 0 Å². The summed E-state index contributed by atoms with van der Waals surface area (Å²) in [5.41, 5.74) is 0.308. The monoisotopic (exact) mass is 550 g/mol. The van der Waals surface area contributed by atoms with Gasteiger partial charge in [-0.15, -0.1) is 36.2 Å². The van der Waals surface area contributed by atoms with Crippen LogP contribution >= 0.6 is 36.2 Å². The smallest absolute Gasteiger partial charge is 0.354 e. The second kappa shape index (κ2) is 11.0. The predicted octanol–water partition coefficient (Wildman–Crippen LogP) is 3.53. The van der Waals surface area contributed by atoms with Gasteiger partial charge in [0.2, 0.25) is 0 Å². The van der Waals surface area contributed by atoms with E-state index in [0.717, 1.165) is 41.4 Å². The number of aromatic nitrogens is 3. The molecule has 35 heavy (non-hydrogen) atoms. The molecule has 0 unspecified atom stereocenters. The van der Waals surface area contributed by atoms with E-state index in [4.69, 9.17) is 0 Å². The fourth-order valence-electron chi connectivity index (χ4n) is 4.51. The molecule has 0 aromatic carbocycles. The first-order chi connectivity index (χ1) is 15.8. The normalized spacial score (nSPS) is 17.1. The zero-order valence-corrected chi connectivity index (χ0v) is 21.6. The first-order valence-corrected chi connectivity index (χ1v) is 11.8. The molecule has 192 valence electrons. The minimum atomic E-state index is -4.45. The summed E-state index contributed by atoms with van der Waals surface area (Å²) < 4.78 is 40.6. The highest BCUT2D eigenvalue weighted by atomic mass is 35.5. The van der Waals surface area contributed by atoms with Crippen molar-refractivity contribution in [1.29, 1.82) is 0 Å². The van der Waals surface area contributed by atoms with Crippen molar-refractivity contribution >= 4 is 52.2 Å². The number of thiophene rings is 1. The maximum Gasteiger partial charge on any atom is 0.433 e. The largest absolute Gasteiger partial charge is 0.433 e. The molecule has 7 nitrogen and oxygen atoms in total. The van der Waals surface area contributed by atoms with Crippen molar-refractivity contribution in [3.63, 3.8) is 0 Å². The van der Waals surface area contributed by atoms with Gasteiger partial charge in [0.25, 0.3) is 5.56 Å². The molecular formula is C22H27Cl2F3N6OS. The van der Waals surface area contributed by atoms with Crippen molar-refractivity contribution in [2.24, 2.45) is 0 Å². The van der Waals surface area contributed by atoms with Crippen LogP contribution in [0.15, 0.2) is 29.3 Å². The fourth-order valence-corrected chi connectivity index (χ4v) is 5.77. The zero-order chi connectivity index (χ0) is 23.2. The number of piperazine rings is 1. The van der Waals surface area contributed by atoms with Gasteiger partial charge in [-0.05, 0) is 31.2 Å². The van der Waals surface area contributed by atoms with Crippen LogP contribution in [-0.2, 0) is 25.7 Å². The number of halogens is 5. The standard InChI is InChI=1S/C22H25F3N6OS.2ClH/c1-28-6-5-15-16(13-28)33-20-19(15)21(32)31(14-26-20)12-9-29-7-10-30(11-8-29)18-4-2-3-17(27-18)22(23,24)25;;/h2-4,14H,5-13H2,1H3;2*1H. The van der Waals surface area contributed by atoms with Crippen molar-refractivity contribution in [3.8, 4) is 0 Å². The maximum atomic E-state index is 13.2. The summed E-state index contributed by atoms with van der Waals surface area (Å²) in [6.07, 6.45) is -1.94. The molecule has 5 heterocycles. The zero-order valence-electron chi connectivity index (χ0n) is 19.1. The summed E-state index contributed by atoms with van der Waals surface area (Å²) in [6, 6.07) is 4.00. The highest BCUT2D eigenvalue weighted by Crippen LogP contribution is 2.32. The van der Waals surface area contributed by atoms with E-state index >= 15 is 0 Å². The van der Waals surface area contributed by atoms with Crippen LogP contribution in [0.4, 0.5) is 19.0 Å². The van der Waals surface area contributed by atoms with Crippen LogP contribution in [0.5, 0.6) is 0 Å². The molecule has 2 aliphatic heterocycles. The SMILES string of the molecule is CN1CCc2c(sc3ncn(CCN4CCN(c5cccc(C(F)(F)F)n5)CC4)c(=O)c23)C1.Cl.Cl. The number of anilines is 1. The van der Waals surface area contributed by atoms with Gasteiger partial charge in [-0.2, -0.15) is 13.2 Å². The van der Waals surface area contributed by atoms with E-state index < -0.39 is 11.9 Å². The topological polar surface area (TPSA) is 57.5 Å². The van der Waals surface area contributed by atoms with Crippen LogP contribution in [0, 0.1) is 0 Å². The molecule has 0 bridgehead atoms. The van der Waals surface area contributed by atoms with Gasteiger partial charge in [-0.25, -0.2) is 9.97 Å². The Balaban J connectivity index is 0.00000171. The number of likely N-dealkylation sites (N-methyl/N-ethyl adjacent to an activating group) is 1. The lowest BCUT2D eigenvalue weighted by Crippen LogP contribution is -2.48. The fraction of sp³-hybridized carbons (Fsp3) is 0.500. The molecule has 1 saturated heterocycles. The molecule has 0 atom stereocenters. The Bertz CT molecular complexity index is 1230. The Hall–Kier alpha value is -1.92. The molecule has 0 spiro atoms. The number of rotatable bonds is 4. The number of hydrogen-bond acceptors (Lipinski definition) is 7. The summed E-state index contributed by atoms with van der Waals surface area (Å²) in [5.74, 6) is 0.350. The van der Waals surface area contributed by atoms with Gasteiger partial charge in [0.1, 0.15) is 16.3 Å². The second-order valence-electron chi connectivity index (χ2n) is 8.62. The minimum Gasteiger partial charge on any atom is -0.354 e. The Morgan fingerprint density at radius 2 is 1.80 bits per heavy atom. The maximum absolute atomic E-state index is 13.2. The average Bonchev–Trinajstić information content (AvgIpc) is 3.17. The number of fused-ring (bicyclic) bond motifs is 3. The molecule has 0 radical (unpaired) electrons. The third-order valence-electron chi connectivity index (χ3n) is 6.40. The Morgan fingerprint density at radius 3 is 2.51 bits per heavy atom. The molecule has 2 aliphatic rings. The first-order valence-electron chi connectivity index (χ1n) is 11.0. The van der Waals surface area contributed by atoms with Gasteiger partial charge in [0, 0.05) is 57.2 Å². The second-order valence-corrected chi connectivity index (χ2v) is 9.71. The van der Waals surface area contributed by atoms with Crippen molar-refractivity contribution < 1.29 is 13.2 Å². The highest BCUT2D eigenvalue weighted by molar-refractivity contribution is 7.18. The van der Waals surface area contributed by atoms with E-state index in [1.165, 1.54) is 10.9 Å². The van der Waals surface area contributed by atoms with Gasteiger partial charge < -0.3 is 9.80 Å². The van der Waals surface area contributed by atoms with Crippen molar-refractivity contribution in [2.75, 3.05) is 51.2 Å². The molecule has 0 N–H and O–H groups in total. The Kier molecular flexibility index (Phi) is 8.69. The van der Waals surface area contributed by atoms with Gasteiger partial charge in [-0.3, -0.25) is 14.3 Å². The lowest BCUT2D eigenvalue weighted by atomic mass is 10.1. The number of nitrogens with zero attached hydrogens (tertiary/aromatic N) is 6. The summed E-state index contributed by atoms with van der Waals surface area (Å²) in [6.45, 7) is 5.60. The van der Waals surface area contributed by atoms with Crippen LogP contribution in [0.25, 0.3) is 10.2 Å². The van der Waals surface area contributed by atoms with Crippen LogP contribution < -0.4 is 10.5 Å². The van der Waals surface area contributed by atoms with Gasteiger partial charge in [0.05, 0.1) is 11.7 Å². The molecular weight excluding hydrogens is 524 g/mol. The van der Waals surface area contributed by atoms with Crippen LogP contribution in [0.1, 0.15) is 16.1 Å². The van der Waals surface area contributed by atoms with Crippen LogP contribution in [-0.4, -0.2) is 70.7 Å². The average molecular weight is 551 g/mol. The number of pyridine rings is 1. The lowest BCUT2D eigenvalue weighted by molar-refractivity contribution is -0.141. The summed E-state index contributed by atoms with van der Waals surface area (Å²) in [4.78, 5) is 29.9. The molecule has 3 aromatic heterocycles. The van der Waals surface area contributed by atoms with Crippen LogP contribution in [0.2, 0.25) is 0 Å². The quantitative estimate of drug-likeness (QED) is 0.495. The van der Waals surface area contributed by atoms with Gasteiger partial charge in [-0.1, -0.05) is 6.07 Å². The van der Waals surface area contributed by atoms with Crippen molar-refractivity contribution in [1.82, 2.24) is 24.3 Å². The van der Waals surface area contributed by atoms with Gasteiger partial charge in [0.15, 0.2) is 0 Å². The van der Waals surface area contributed by atoms with E-state index in [-0.39, 0.29) is 30.4 Å². The third kappa shape index (κ3) is 5.75.